The molecular weight excluding hydrogens is 524 g/mol. The maximum Gasteiger partial charge on any atom is 0.243 e. The molecule has 12 heteroatoms. The molecule has 2 heterocycles. The molecule has 0 radical (unpaired) electrons. The fraction of sp³-hybridized carbons (Fsp3) is 0.333. The number of ether oxygens (including phenoxy) is 2. The highest BCUT2D eigenvalue weighted by Crippen LogP contribution is 2.34. The van der Waals surface area contributed by atoms with Crippen LogP contribution in [-0.4, -0.2) is 58.0 Å². The lowest BCUT2D eigenvalue weighted by atomic mass is 9.98. The smallest absolute Gasteiger partial charge is 0.243 e. The number of anilines is 2. The Morgan fingerprint density at radius 3 is 2.58 bits per heavy atom. The summed E-state index contributed by atoms with van der Waals surface area (Å²) < 4.78 is 38.4. The van der Waals surface area contributed by atoms with Crippen LogP contribution < -0.4 is 20.1 Å². The van der Waals surface area contributed by atoms with Crippen molar-refractivity contribution in [3.63, 3.8) is 0 Å². The summed E-state index contributed by atoms with van der Waals surface area (Å²) in [6.45, 7) is 0.392. The van der Waals surface area contributed by atoms with Gasteiger partial charge < -0.3 is 20.1 Å². The van der Waals surface area contributed by atoms with Crippen molar-refractivity contribution in [2.75, 3.05) is 45.0 Å². The van der Waals surface area contributed by atoms with Crippen LogP contribution in [0, 0.1) is 5.92 Å². The fourth-order valence-electron chi connectivity index (χ4n) is 4.05. The van der Waals surface area contributed by atoms with E-state index in [4.69, 9.17) is 21.1 Å². The fourth-order valence-corrected chi connectivity index (χ4v) is 6.61. The minimum Gasteiger partial charge on any atom is -0.495 e. The van der Waals surface area contributed by atoms with E-state index in [0.29, 0.717) is 36.6 Å². The van der Waals surface area contributed by atoms with Gasteiger partial charge in [0.05, 0.1) is 41.4 Å². The first-order chi connectivity index (χ1) is 17.3. The molecule has 0 unspecified atom stereocenters. The molecule has 9 nitrogen and oxygen atoms in total. The number of nitrogens with one attached hydrogen (secondary N) is 2. The molecule has 0 saturated carbocycles. The van der Waals surface area contributed by atoms with Crippen LogP contribution in [0.4, 0.5) is 10.8 Å². The van der Waals surface area contributed by atoms with E-state index in [2.05, 4.69) is 15.6 Å². The van der Waals surface area contributed by atoms with E-state index in [1.807, 2.05) is 17.5 Å². The zero-order valence-electron chi connectivity index (χ0n) is 20.1. The SMILES string of the molecule is CNc1nc(-c2ccc(OC)c(NC(=O)[C@H]3CCCN(S(=O)(=O)c4ccc(OC)c(Cl)c4)C3)c2)cs1. The number of halogens is 1. The van der Waals surface area contributed by atoms with E-state index in [0.717, 1.165) is 16.4 Å². The molecule has 36 heavy (non-hydrogen) atoms. The Labute approximate surface area is 219 Å². The number of hydrogen-bond donors (Lipinski definition) is 2. The van der Waals surface area contributed by atoms with Crippen molar-refractivity contribution in [2.45, 2.75) is 17.7 Å². The van der Waals surface area contributed by atoms with E-state index < -0.39 is 15.9 Å². The topological polar surface area (TPSA) is 110 Å². The number of thiazole rings is 1. The van der Waals surface area contributed by atoms with Crippen LogP contribution in [0.5, 0.6) is 11.5 Å². The van der Waals surface area contributed by atoms with Gasteiger partial charge in [0.25, 0.3) is 0 Å². The van der Waals surface area contributed by atoms with Gasteiger partial charge >= 0.3 is 0 Å². The van der Waals surface area contributed by atoms with E-state index >= 15 is 0 Å². The van der Waals surface area contributed by atoms with E-state index in [1.165, 1.54) is 48.1 Å². The number of carbonyl (C=O) groups excluding carboxylic acids is 1. The molecule has 4 rings (SSSR count). The molecule has 1 aliphatic heterocycles. The van der Waals surface area contributed by atoms with Gasteiger partial charge in [0, 0.05) is 31.1 Å². The molecule has 192 valence electrons. The summed E-state index contributed by atoms with van der Waals surface area (Å²) in [5.74, 6) is 0.102. The van der Waals surface area contributed by atoms with Crippen LogP contribution >= 0.6 is 22.9 Å². The molecule has 1 aliphatic rings. The van der Waals surface area contributed by atoms with Gasteiger partial charge in [-0.2, -0.15) is 4.31 Å². The van der Waals surface area contributed by atoms with Crippen molar-refractivity contribution in [2.24, 2.45) is 5.92 Å². The Bertz CT molecular complexity index is 1360. The summed E-state index contributed by atoms with van der Waals surface area (Å²) in [5.41, 5.74) is 2.10. The highest BCUT2D eigenvalue weighted by atomic mass is 35.5. The van der Waals surface area contributed by atoms with Gasteiger partial charge in [-0.05, 0) is 49.2 Å². The summed E-state index contributed by atoms with van der Waals surface area (Å²) in [6, 6.07) is 9.80. The van der Waals surface area contributed by atoms with Crippen molar-refractivity contribution in [3.05, 3.63) is 46.8 Å². The first kappa shape index (κ1) is 26.2. The number of carbonyl (C=O) groups is 1. The zero-order valence-corrected chi connectivity index (χ0v) is 22.5. The van der Waals surface area contributed by atoms with Crippen LogP contribution in [0.15, 0.2) is 46.7 Å². The standard InChI is InChI=1S/C24H27ClN4O5S2/c1-26-24-28-20(14-35-24)15-6-8-22(34-3)19(11-15)27-23(30)16-5-4-10-29(13-16)36(31,32)17-7-9-21(33-2)18(25)12-17/h6-9,11-12,14,16H,4-5,10,13H2,1-3H3,(H,26,28)(H,27,30)/t16-/m0/s1. The third kappa shape index (κ3) is 5.44. The van der Waals surface area contributed by atoms with Crippen molar-refractivity contribution in [1.29, 1.82) is 0 Å². The molecule has 1 amide bonds. The Morgan fingerprint density at radius 2 is 1.92 bits per heavy atom. The van der Waals surface area contributed by atoms with Gasteiger partial charge in [-0.25, -0.2) is 13.4 Å². The molecule has 2 N–H and O–H groups in total. The number of sulfonamides is 1. The minimum absolute atomic E-state index is 0.0629. The van der Waals surface area contributed by atoms with Crippen LogP contribution in [0.2, 0.25) is 5.02 Å². The lowest BCUT2D eigenvalue weighted by molar-refractivity contribution is -0.120. The summed E-state index contributed by atoms with van der Waals surface area (Å²) in [5, 5.41) is 8.86. The van der Waals surface area contributed by atoms with Gasteiger partial charge in [-0.15, -0.1) is 11.3 Å². The number of rotatable bonds is 8. The van der Waals surface area contributed by atoms with Crippen LogP contribution in [0.1, 0.15) is 12.8 Å². The molecular formula is C24H27ClN4O5S2. The van der Waals surface area contributed by atoms with Gasteiger partial charge in [0.2, 0.25) is 15.9 Å². The summed E-state index contributed by atoms with van der Waals surface area (Å²) in [7, 11) is 0.968. The highest BCUT2D eigenvalue weighted by Gasteiger charge is 2.34. The quantitative estimate of drug-likeness (QED) is 0.423. The second-order valence-electron chi connectivity index (χ2n) is 8.19. The van der Waals surface area contributed by atoms with E-state index in [-0.39, 0.29) is 22.4 Å². The summed E-state index contributed by atoms with van der Waals surface area (Å²) in [6.07, 6.45) is 1.13. The van der Waals surface area contributed by atoms with Crippen molar-refractivity contribution in [1.82, 2.24) is 9.29 Å². The van der Waals surface area contributed by atoms with Crippen LogP contribution in [0.3, 0.4) is 0 Å². The third-order valence-corrected chi connectivity index (χ3v) is 9.00. The second-order valence-corrected chi connectivity index (χ2v) is 11.4. The van der Waals surface area contributed by atoms with Gasteiger partial charge in [0.15, 0.2) is 5.13 Å². The Balaban J connectivity index is 1.52. The second kappa shape index (κ2) is 11.0. The lowest BCUT2D eigenvalue weighted by Crippen LogP contribution is -2.43. The van der Waals surface area contributed by atoms with Crippen molar-refractivity contribution >= 4 is 49.7 Å². The summed E-state index contributed by atoms with van der Waals surface area (Å²) in [4.78, 5) is 17.8. The zero-order chi connectivity index (χ0) is 25.9. The maximum absolute atomic E-state index is 13.3. The van der Waals surface area contributed by atoms with E-state index in [9.17, 15) is 13.2 Å². The molecule has 1 saturated heterocycles. The van der Waals surface area contributed by atoms with Gasteiger partial charge in [-0.1, -0.05) is 11.6 Å². The molecule has 0 aliphatic carbocycles. The Morgan fingerprint density at radius 1 is 1.17 bits per heavy atom. The number of piperidine rings is 1. The average Bonchev–Trinajstić information content (AvgIpc) is 3.38. The molecule has 1 fully saturated rings. The Hall–Kier alpha value is -2.86. The molecule has 0 spiro atoms. The molecule has 0 bridgehead atoms. The number of amides is 1. The predicted molar refractivity (Wildman–Crippen MR) is 142 cm³/mol. The average molecular weight is 551 g/mol. The van der Waals surface area contributed by atoms with E-state index in [1.54, 1.807) is 13.1 Å². The van der Waals surface area contributed by atoms with Crippen LogP contribution in [0.25, 0.3) is 11.3 Å². The number of nitrogens with zero attached hydrogens (tertiary/aromatic N) is 2. The molecule has 2 aromatic carbocycles. The van der Waals surface area contributed by atoms with Crippen molar-refractivity contribution < 1.29 is 22.7 Å². The lowest BCUT2D eigenvalue weighted by Gasteiger charge is -2.31. The van der Waals surface area contributed by atoms with Gasteiger partial charge in [-0.3, -0.25) is 4.79 Å². The largest absolute Gasteiger partial charge is 0.495 e. The first-order valence-corrected chi connectivity index (χ1v) is 13.9. The molecule has 1 atom stereocenters. The number of methoxy groups -OCH3 is 2. The summed E-state index contributed by atoms with van der Waals surface area (Å²) >= 11 is 7.63. The minimum atomic E-state index is -3.83. The number of hydrogen-bond acceptors (Lipinski definition) is 8. The normalized spacial score (nSPS) is 16.4. The number of benzene rings is 2. The van der Waals surface area contributed by atoms with Crippen LogP contribution in [-0.2, 0) is 14.8 Å². The third-order valence-electron chi connectivity index (χ3n) is 5.99. The maximum atomic E-state index is 13.3. The van der Waals surface area contributed by atoms with Gasteiger partial charge in [0.1, 0.15) is 11.5 Å². The first-order valence-electron chi connectivity index (χ1n) is 11.2. The predicted octanol–water partition coefficient (Wildman–Crippen LogP) is 4.56. The monoisotopic (exact) mass is 550 g/mol. The van der Waals surface area contributed by atoms with Crippen molar-refractivity contribution in [3.8, 4) is 22.8 Å². The highest BCUT2D eigenvalue weighted by molar-refractivity contribution is 7.89. The Kier molecular flexibility index (Phi) is 8.04. The number of aromatic nitrogens is 1. The molecule has 3 aromatic rings. The molecule has 1 aromatic heterocycles.